The molecule has 0 saturated carbocycles. The summed E-state index contributed by atoms with van der Waals surface area (Å²) >= 11 is 0.987. The van der Waals surface area contributed by atoms with Crippen molar-refractivity contribution in [1.82, 2.24) is 18.4 Å². The van der Waals surface area contributed by atoms with E-state index in [1.54, 1.807) is 25.3 Å². The van der Waals surface area contributed by atoms with E-state index in [4.69, 9.17) is 4.74 Å². The predicted molar refractivity (Wildman–Crippen MR) is 114 cm³/mol. The van der Waals surface area contributed by atoms with Crippen LogP contribution in [0, 0.1) is 5.92 Å². The van der Waals surface area contributed by atoms with Crippen LogP contribution in [0.5, 0.6) is 5.75 Å². The zero-order chi connectivity index (χ0) is 21.1. The van der Waals surface area contributed by atoms with Gasteiger partial charge in [-0.05, 0) is 42.7 Å². The Hall–Kier alpha value is -2.56. The Labute approximate surface area is 179 Å². The third-order valence-electron chi connectivity index (χ3n) is 5.25. The van der Waals surface area contributed by atoms with E-state index in [-0.39, 0.29) is 23.3 Å². The summed E-state index contributed by atoms with van der Waals surface area (Å²) in [4.78, 5) is 12.8. The first-order chi connectivity index (χ1) is 14.5. The summed E-state index contributed by atoms with van der Waals surface area (Å²) in [5.74, 6) is 0.224. The molecular formula is C20H22N4O4S2. The van der Waals surface area contributed by atoms with Gasteiger partial charge >= 0.3 is 0 Å². The highest BCUT2D eigenvalue weighted by molar-refractivity contribution is 7.89. The second-order valence-electron chi connectivity index (χ2n) is 7.16. The fourth-order valence-electron chi connectivity index (χ4n) is 3.58. The fraction of sp³-hybridized carbons (Fsp3) is 0.350. The molecule has 3 aromatic rings. The predicted octanol–water partition coefficient (Wildman–Crippen LogP) is 2.42. The van der Waals surface area contributed by atoms with Crippen LogP contribution < -0.4 is 10.1 Å². The lowest BCUT2D eigenvalue weighted by molar-refractivity contribution is -0.126. The van der Waals surface area contributed by atoms with Crippen molar-refractivity contribution >= 4 is 38.7 Å². The molecule has 1 atom stereocenters. The summed E-state index contributed by atoms with van der Waals surface area (Å²) in [6.45, 7) is 0.930. The third kappa shape index (κ3) is 4.16. The average molecular weight is 447 g/mol. The van der Waals surface area contributed by atoms with Gasteiger partial charge < -0.3 is 10.1 Å². The maximum Gasteiger partial charge on any atom is 0.245 e. The van der Waals surface area contributed by atoms with Gasteiger partial charge in [0.1, 0.15) is 21.7 Å². The van der Waals surface area contributed by atoms with E-state index in [2.05, 4.69) is 14.1 Å². The SMILES string of the molecule is COc1ccc(CNC(=O)[C@H]2CCCN(S(=O)(=O)c3cccc4nsnc34)C2)cc1. The quantitative estimate of drug-likeness (QED) is 0.624. The number of carbonyl (C=O) groups is 1. The van der Waals surface area contributed by atoms with Gasteiger partial charge in [0.15, 0.2) is 0 Å². The number of benzene rings is 2. The minimum atomic E-state index is -3.76. The second-order valence-corrected chi connectivity index (χ2v) is 9.59. The van der Waals surface area contributed by atoms with Crippen molar-refractivity contribution in [3.63, 3.8) is 0 Å². The standard InChI is InChI=1S/C20H22N4O4S2/c1-28-16-9-7-14(8-10-16)12-21-20(25)15-4-3-11-24(13-15)30(26,27)18-6-2-5-17-19(18)23-29-22-17/h2,5-10,15H,3-4,11-13H2,1H3,(H,21,25)/t15-/m0/s1. The zero-order valence-electron chi connectivity index (χ0n) is 16.4. The average Bonchev–Trinajstić information content (AvgIpc) is 3.26. The number of nitrogens with one attached hydrogen (secondary N) is 1. The van der Waals surface area contributed by atoms with Gasteiger partial charge in [0.25, 0.3) is 0 Å². The number of fused-ring (bicyclic) bond motifs is 1. The van der Waals surface area contributed by atoms with Gasteiger partial charge in [-0.1, -0.05) is 18.2 Å². The lowest BCUT2D eigenvalue weighted by Crippen LogP contribution is -2.45. The number of hydrogen-bond acceptors (Lipinski definition) is 7. The molecule has 158 valence electrons. The molecule has 0 radical (unpaired) electrons. The Balaban J connectivity index is 1.44. The molecule has 1 fully saturated rings. The highest BCUT2D eigenvalue weighted by Gasteiger charge is 2.34. The molecule has 1 aliphatic heterocycles. The highest BCUT2D eigenvalue weighted by Crippen LogP contribution is 2.28. The minimum absolute atomic E-state index is 0.140. The minimum Gasteiger partial charge on any atom is -0.497 e. The molecule has 4 rings (SSSR count). The molecule has 2 aromatic carbocycles. The van der Waals surface area contributed by atoms with Crippen LogP contribution in [0.1, 0.15) is 18.4 Å². The number of rotatable bonds is 6. The Morgan fingerprint density at radius 2 is 2.03 bits per heavy atom. The molecule has 1 aromatic heterocycles. The topological polar surface area (TPSA) is 101 Å². The normalized spacial score (nSPS) is 17.7. The van der Waals surface area contributed by atoms with E-state index < -0.39 is 10.0 Å². The van der Waals surface area contributed by atoms with Crippen molar-refractivity contribution in [2.24, 2.45) is 5.92 Å². The molecule has 30 heavy (non-hydrogen) atoms. The summed E-state index contributed by atoms with van der Waals surface area (Å²) in [6, 6.07) is 12.4. The summed E-state index contributed by atoms with van der Waals surface area (Å²) in [5, 5.41) is 2.92. The van der Waals surface area contributed by atoms with Crippen LogP contribution in [0.4, 0.5) is 0 Å². The van der Waals surface area contributed by atoms with Crippen LogP contribution in [0.2, 0.25) is 0 Å². The van der Waals surface area contributed by atoms with Gasteiger partial charge in [-0.25, -0.2) is 8.42 Å². The van der Waals surface area contributed by atoms with Gasteiger partial charge in [-0.2, -0.15) is 13.1 Å². The maximum absolute atomic E-state index is 13.2. The summed E-state index contributed by atoms with van der Waals surface area (Å²) in [6.07, 6.45) is 1.29. The van der Waals surface area contributed by atoms with E-state index in [9.17, 15) is 13.2 Å². The molecule has 1 saturated heterocycles. The van der Waals surface area contributed by atoms with Crippen molar-refractivity contribution in [2.45, 2.75) is 24.3 Å². The molecule has 0 unspecified atom stereocenters. The zero-order valence-corrected chi connectivity index (χ0v) is 18.1. The number of hydrogen-bond donors (Lipinski definition) is 1. The van der Waals surface area contributed by atoms with Crippen LogP contribution in [0.25, 0.3) is 11.0 Å². The first kappa shape index (κ1) is 20.7. The summed E-state index contributed by atoms with van der Waals surface area (Å²) < 4.78 is 41.2. The number of carbonyl (C=O) groups excluding carboxylic acids is 1. The molecule has 1 N–H and O–H groups in total. The molecule has 2 heterocycles. The van der Waals surface area contributed by atoms with Crippen LogP contribution in [0.3, 0.4) is 0 Å². The van der Waals surface area contributed by atoms with Crippen molar-refractivity contribution < 1.29 is 17.9 Å². The summed E-state index contributed by atoms with van der Waals surface area (Å²) in [7, 11) is -2.15. The van der Waals surface area contributed by atoms with E-state index in [0.717, 1.165) is 23.0 Å². The maximum atomic E-state index is 13.2. The Morgan fingerprint density at radius 1 is 1.23 bits per heavy atom. The monoisotopic (exact) mass is 446 g/mol. The second kappa shape index (κ2) is 8.66. The number of amides is 1. The van der Waals surface area contributed by atoms with Crippen LogP contribution in [0.15, 0.2) is 47.4 Å². The van der Waals surface area contributed by atoms with Gasteiger partial charge in [0.2, 0.25) is 15.9 Å². The van der Waals surface area contributed by atoms with E-state index in [0.29, 0.717) is 37.0 Å². The summed E-state index contributed by atoms with van der Waals surface area (Å²) in [5.41, 5.74) is 1.90. The smallest absolute Gasteiger partial charge is 0.245 e. The van der Waals surface area contributed by atoms with Gasteiger partial charge in [0.05, 0.1) is 24.8 Å². The molecule has 0 spiro atoms. The fourth-order valence-corrected chi connectivity index (χ4v) is 5.86. The van der Waals surface area contributed by atoms with Crippen molar-refractivity contribution in [3.05, 3.63) is 48.0 Å². The van der Waals surface area contributed by atoms with Crippen LogP contribution >= 0.6 is 11.7 Å². The number of sulfonamides is 1. The number of aromatic nitrogens is 2. The van der Waals surface area contributed by atoms with E-state index >= 15 is 0 Å². The molecule has 0 aliphatic carbocycles. The molecule has 8 nitrogen and oxygen atoms in total. The lowest BCUT2D eigenvalue weighted by Gasteiger charge is -2.31. The highest BCUT2D eigenvalue weighted by atomic mass is 32.2. The van der Waals surface area contributed by atoms with E-state index in [1.165, 1.54) is 4.31 Å². The van der Waals surface area contributed by atoms with Crippen molar-refractivity contribution in [2.75, 3.05) is 20.2 Å². The molecule has 1 amide bonds. The Bertz CT molecular complexity index is 1150. The first-order valence-electron chi connectivity index (χ1n) is 9.61. The molecule has 1 aliphatic rings. The van der Waals surface area contributed by atoms with Gasteiger partial charge in [-0.15, -0.1) is 0 Å². The molecule has 0 bridgehead atoms. The third-order valence-corrected chi connectivity index (χ3v) is 7.69. The van der Waals surface area contributed by atoms with Gasteiger partial charge in [-0.3, -0.25) is 4.79 Å². The Morgan fingerprint density at radius 3 is 2.80 bits per heavy atom. The van der Waals surface area contributed by atoms with Crippen LogP contribution in [-0.4, -0.2) is 47.6 Å². The number of piperidine rings is 1. The Kier molecular flexibility index (Phi) is 5.98. The molecule has 10 heteroatoms. The van der Waals surface area contributed by atoms with Crippen molar-refractivity contribution in [1.29, 1.82) is 0 Å². The first-order valence-corrected chi connectivity index (χ1v) is 11.8. The number of nitrogens with zero attached hydrogens (tertiary/aromatic N) is 3. The van der Waals surface area contributed by atoms with Crippen molar-refractivity contribution in [3.8, 4) is 5.75 Å². The lowest BCUT2D eigenvalue weighted by atomic mass is 9.99. The molecular weight excluding hydrogens is 424 g/mol. The number of methoxy groups -OCH3 is 1. The number of ether oxygens (including phenoxy) is 1. The van der Waals surface area contributed by atoms with E-state index in [1.807, 2.05) is 24.3 Å². The largest absolute Gasteiger partial charge is 0.497 e. The van der Waals surface area contributed by atoms with Gasteiger partial charge in [0, 0.05) is 19.6 Å². The van der Waals surface area contributed by atoms with Crippen LogP contribution in [-0.2, 0) is 21.4 Å².